The SMILES string of the molecule is COCCCNC(=O)c1cccc(NCC(=O)Nc2ccc(C(=O)N(C)c3ccccc3)cc2)c1. The van der Waals surface area contributed by atoms with Crippen molar-refractivity contribution in [2.24, 2.45) is 0 Å². The third kappa shape index (κ3) is 7.68. The van der Waals surface area contributed by atoms with E-state index in [0.29, 0.717) is 35.7 Å². The minimum Gasteiger partial charge on any atom is -0.385 e. The number of hydrogen-bond acceptors (Lipinski definition) is 5. The number of nitrogens with zero attached hydrogens (tertiary/aromatic N) is 1. The summed E-state index contributed by atoms with van der Waals surface area (Å²) in [6.45, 7) is 1.14. The number of carbonyl (C=O) groups excluding carboxylic acids is 3. The van der Waals surface area contributed by atoms with Crippen LogP contribution in [0.15, 0.2) is 78.9 Å². The highest BCUT2D eigenvalue weighted by Gasteiger charge is 2.13. The topological polar surface area (TPSA) is 99.8 Å². The summed E-state index contributed by atoms with van der Waals surface area (Å²) in [5.74, 6) is -0.569. The highest BCUT2D eigenvalue weighted by atomic mass is 16.5. The van der Waals surface area contributed by atoms with Crippen molar-refractivity contribution >= 4 is 34.8 Å². The molecule has 3 aromatic carbocycles. The Hall–Kier alpha value is -4.17. The van der Waals surface area contributed by atoms with E-state index >= 15 is 0 Å². The van der Waals surface area contributed by atoms with Crippen LogP contribution in [0.5, 0.6) is 0 Å². The fourth-order valence-corrected chi connectivity index (χ4v) is 3.34. The number of ether oxygens (including phenoxy) is 1. The van der Waals surface area contributed by atoms with Gasteiger partial charge in [0.2, 0.25) is 5.91 Å². The predicted octanol–water partition coefficient (Wildman–Crippen LogP) is 3.78. The van der Waals surface area contributed by atoms with Crippen LogP contribution in [0.3, 0.4) is 0 Å². The molecule has 0 saturated heterocycles. The molecule has 0 radical (unpaired) electrons. The molecule has 0 bridgehead atoms. The molecular formula is C27H30N4O4. The molecular weight excluding hydrogens is 444 g/mol. The van der Waals surface area contributed by atoms with Crippen LogP contribution in [0, 0.1) is 0 Å². The molecule has 0 saturated carbocycles. The summed E-state index contributed by atoms with van der Waals surface area (Å²) in [6.07, 6.45) is 0.735. The molecule has 0 aliphatic carbocycles. The zero-order valence-electron chi connectivity index (χ0n) is 19.9. The molecule has 3 N–H and O–H groups in total. The second-order valence-corrected chi connectivity index (χ2v) is 7.86. The molecule has 35 heavy (non-hydrogen) atoms. The van der Waals surface area contributed by atoms with E-state index < -0.39 is 0 Å². The van der Waals surface area contributed by atoms with Gasteiger partial charge in [-0.3, -0.25) is 14.4 Å². The summed E-state index contributed by atoms with van der Waals surface area (Å²) in [5, 5.41) is 8.66. The van der Waals surface area contributed by atoms with Crippen LogP contribution in [0.1, 0.15) is 27.1 Å². The number of nitrogens with one attached hydrogen (secondary N) is 3. The zero-order chi connectivity index (χ0) is 25.0. The maximum atomic E-state index is 12.7. The van der Waals surface area contributed by atoms with E-state index in [4.69, 9.17) is 4.74 Å². The molecule has 0 fully saturated rings. The quantitative estimate of drug-likeness (QED) is 0.367. The number of amides is 3. The number of benzene rings is 3. The van der Waals surface area contributed by atoms with Crippen molar-refractivity contribution in [1.29, 1.82) is 0 Å². The summed E-state index contributed by atoms with van der Waals surface area (Å²) in [4.78, 5) is 38.9. The number of para-hydroxylation sites is 1. The van der Waals surface area contributed by atoms with Crippen molar-refractivity contribution in [3.05, 3.63) is 90.0 Å². The number of hydrogen-bond donors (Lipinski definition) is 3. The van der Waals surface area contributed by atoms with Gasteiger partial charge in [-0.05, 0) is 61.0 Å². The zero-order valence-corrected chi connectivity index (χ0v) is 19.9. The molecule has 3 aromatic rings. The summed E-state index contributed by atoms with van der Waals surface area (Å²) in [6, 6.07) is 23.1. The van der Waals surface area contributed by atoms with Gasteiger partial charge < -0.3 is 25.6 Å². The van der Waals surface area contributed by atoms with E-state index in [-0.39, 0.29) is 24.3 Å². The van der Waals surface area contributed by atoms with Crippen molar-refractivity contribution < 1.29 is 19.1 Å². The summed E-state index contributed by atoms with van der Waals surface area (Å²) in [5.41, 5.74) is 3.07. The molecule has 0 aliphatic heterocycles. The molecule has 3 rings (SSSR count). The van der Waals surface area contributed by atoms with Gasteiger partial charge in [0.25, 0.3) is 11.8 Å². The number of methoxy groups -OCH3 is 1. The van der Waals surface area contributed by atoms with Gasteiger partial charge in [0.05, 0.1) is 6.54 Å². The number of carbonyl (C=O) groups is 3. The standard InChI is InChI=1S/C27H30N4O4/c1-31(24-10-4-3-5-11-24)27(34)20-12-14-22(15-13-20)30-25(32)19-29-23-9-6-8-21(18-23)26(33)28-16-7-17-35-2/h3-6,8-15,18,29H,7,16-17,19H2,1-2H3,(H,28,33)(H,30,32). The van der Waals surface area contributed by atoms with Crippen molar-refractivity contribution in [1.82, 2.24) is 5.32 Å². The van der Waals surface area contributed by atoms with E-state index in [0.717, 1.165) is 12.1 Å². The van der Waals surface area contributed by atoms with Crippen molar-refractivity contribution in [3.8, 4) is 0 Å². The van der Waals surface area contributed by atoms with Crippen LogP contribution in [0.4, 0.5) is 17.1 Å². The minimum atomic E-state index is -0.250. The van der Waals surface area contributed by atoms with Crippen molar-refractivity contribution in [3.63, 3.8) is 0 Å². The van der Waals surface area contributed by atoms with E-state index in [1.165, 1.54) is 0 Å². The fourth-order valence-electron chi connectivity index (χ4n) is 3.34. The lowest BCUT2D eigenvalue weighted by Crippen LogP contribution is -2.26. The Bertz CT molecular complexity index is 1130. The molecule has 182 valence electrons. The number of anilines is 3. The molecule has 0 unspecified atom stereocenters. The van der Waals surface area contributed by atoms with Gasteiger partial charge in [0, 0.05) is 55.5 Å². The fraction of sp³-hybridized carbons (Fsp3) is 0.222. The van der Waals surface area contributed by atoms with E-state index in [1.807, 2.05) is 30.3 Å². The van der Waals surface area contributed by atoms with Gasteiger partial charge in [0.15, 0.2) is 0 Å². The molecule has 0 heterocycles. The highest BCUT2D eigenvalue weighted by Crippen LogP contribution is 2.17. The van der Waals surface area contributed by atoms with Crippen molar-refractivity contribution in [2.45, 2.75) is 6.42 Å². The molecule has 8 nitrogen and oxygen atoms in total. The van der Waals surface area contributed by atoms with Crippen LogP contribution in [0.2, 0.25) is 0 Å². The Labute approximate surface area is 205 Å². The van der Waals surface area contributed by atoms with Gasteiger partial charge in [-0.2, -0.15) is 0 Å². The lowest BCUT2D eigenvalue weighted by atomic mass is 10.1. The predicted molar refractivity (Wildman–Crippen MR) is 138 cm³/mol. The third-order valence-electron chi connectivity index (χ3n) is 5.25. The number of rotatable bonds is 11. The Kier molecular flexibility index (Phi) is 9.39. The average molecular weight is 475 g/mol. The van der Waals surface area contributed by atoms with Gasteiger partial charge >= 0.3 is 0 Å². The molecule has 0 atom stereocenters. The normalized spacial score (nSPS) is 10.3. The summed E-state index contributed by atoms with van der Waals surface area (Å²) < 4.78 is 4.97. The lowest BCUT2D eigenvalue weighted by Gasteiger charge is -2.17. The van der Waals surface area contributed by atoms with Crippen LogP contribution in [0.25, 0.3) is 0 Å². The molecule has 8 heteroatoms. The smallest absolute Gasteiger partial charge is 0.258 e. The van der Waals surface area contributed by atoms with Gasteiger partial charge in [-0.25, -0.2) is 0 Å². The second kappa shape index (κ2) is 12.9. The van der Waals surface area contributed by atoms with Crippen molar-refractivity contribution in [2.75, 3.05) is 49.4 Å². The highest BCUT2D eigenvalue weighted by molar-refractivity contribution is 6.06. The molecule has 0 aromatic heterocycles. The first-order valence-corrected chi connectivity index (χ1v) is 11.3. The van der Waals surface area contributed by atoms with Gasteiger partial charge in [-0.1, -0.05) is 24.3 Å². The molecule has 0 spiro atoms. The van der Waals surface area contributed by atoms with E-state index in [2.05, 4.69) is 16.0 Å². The maximum absolute atomic E-state index is 12.7. The monoisotopic (exact) mass is 474 g/mol. The first-order chi connectivity index (χ1) is 17.0. The van der Waals surface area contributed by atoms with Gasteiger partial charge in [-0.15, -0.1) is 0 Å². The first-order valence-electron chi connectivity index (χ1n) is 11.3. The Morgan fingerprint density at radius 2 is 1.60 bits per heavy atom. The Morgan fingerprint density at radius 3 is 2.31 bits per heavy atom. The Morgan fingerprint density at radius 1 is 0.857 bits per heavy atom. The minimum absolute atomic E-state index is 0.0241. The average Bonchev–Trinajstić information content (AvgIpc) is 2.90. The van der Waals surface area contributed by atoms with E-state index in [9.17, 15) is 14.4 Å². The van der Waals surface area contributed by atoms with E-state index in [1.54, 1.807) is 67.6 Å². The third-order valence-corrected chi connectivity index (χ3v) is 5.25. The second-order valence-electron chi connectivity index (χ2n) is 7.86. The molecule has 3 amide bonds. The van der Waals surface area contributed by atoms with Crippen LogP contribution in [-0.2, 0) is 9.53 Å². The van der Waals surface area contributed by atoms with Crippen LogP contribution >= 0.6 is 0 Å². The Balaban J connectivity index is 1.49. The van der Waals surface area contributed by atoms with Crippen LogP contribution < -0.4 is 20.9 Å². The summed E-state index contributed by atoms with van der Waals surface area (Å²) in [7, 11) is 3.34. The summed E-state index contributed by atoms with van der Waals surface area (Å²) >= 11 is 0. The van der Waals surface area contributed by atoms with Gasteiger partial charge in [0.1, 0.15) is 0 Å². The lowest BCUT2D eigenvalue weighted by molar-refractivity contribution is -0.114. The van der Waals surface area contributed by atoms with Crippen LogP contribution in [-0.4, -0.2) is 51.6 Å². The molecule has 0 aliphatic rings. The maximum Gasteiger partial charge on any atom is 0.258 e. The first kappa shape index (κ1) is 25.5. The largest absolute Gasteiger partial charge is 0.385 e.